The fourth-order valence-corrected chi connectivity index (χ4v) is 4.46. The fraction of sp³-hybridized carbons (Fsp3) is 0.333. The maximum absolute atomic E-state index is 12.8. The van der Waals surface area contributed by atoms with Crippen molar-refractivity contribution in [1.82, 2.24) is 14.3 Å². The Hall–Kier alpha value is -1.99. The van der Waals surface area contributed by atoms with Crippen molar-refractivity contribution in [2.75, 3.05) is 0 Å². The quantitative estimate of drug-likeness (QED) is 0.635. The molecule has 6 nitrogen and oxygen atoms in total. The van der Waals surface area contributed by atoms with Crippen LogP contribution < -0.4 is 4.72 Å². The number of alkyl halides is 6. The van der Waals surface area contributed by atoms with Crippen LogP contribution in [0.2, 0.25) is 10.2 Å². The summed E-state index contributed by atoms with van der Waals surface area (Å²) in [7, 11) is -4.89. The number of hydrogen-bond donors (Lipinski definition) is 1. The van der Waals surface area contributed by atoms with Crippen molar-refractivity contribution in [1.29, 1.82) is 0 Å². The smallest absolute Gasteiger partial charge is 0.317 e. The summed E-state index contributed by atoms with van der Waals surface area (Å²) in [6.45, 7) is 0. The molecule has 1 aliphatic rings. The topological polar surface area (TPSA) is 81.1 Å². The fourth-order valence-electron chi connectivity index (χ4n) is 2.68. The van der Waals surface area contributed by atoms with E-state index in [1.807, 2.05) is 0 Å². The lowest BCUT2D eigenvalue weighted by Crippen LogP contribution is -2.31. The highest BCUT2D eigenvalue weighted by Gasteiger charge is 2.57. The van der Waals surface area contributed by atoms with Gasteiger partial charge in [-0.15, -0.1) is 0 Å². The van der Waals surface area contributed by atoms with Gasteiger partial charge in [-0.1, -0.05) is 23.2 Å². The first-order valence-corrected chi connectivity index (χ1v) is 10.1. The van der Waals surface area contributed by atoms with Crippen LogP contribution in [-0.4, -0.2) is 30.1 Å². The molecule has 15 heteroatoms. The van der Waals surface area contributed by atoms with Crippen LogP contribution in [0.5, 0.6) is 0 Å². The van der Waals surface area contributed by atoms with Gasteiger partial charge in [0.15, 0.2) is 5.69 Å². The average molecular weight is 496 g/mol. The van der Waals surface area contributed by atoms with Gasteiger partial charge in [-0.2, -0.15) is 26.3 Å². The molecule has 1 saturated carbocycles. The van der Waals surface area contributed by atoms with Crippen molar-refractivity contribution >= 4 is 39.1 Å². The van der Waals surface area contributed by atoms with Crippen LogP contribution in [0.15, 0.2) is 29.4 Å². The van der Waals surface area contributed by atoms with Gasteiger partial charge in [0.25, 0.3) is 15.9 Å². The zero-order valence-electron chi connectivity index (χ0n) is 14.2. The molecule has 0 spiro atoms. The SMILES string of the molecule is O=C(NS(=O)(=O)c1cc(C(F)(F)F)ccc1Cl)c1ncn(C2CC2C(F)(F)F)c1Cl. The lowest BCUT2D eigenvalue weighted by Gasteiger charge is -2.11. The second kappa shape index (κ2) is 7.31. The highest BCUT2D eigenvalue weighted by molar-refractivity contribution is 7.90. The number of nitrogens with zero attached hydrogens (tertiary/aromatic N) is 2. The maximum atomic E-state index is 12.8. The van der Waals surface area contributed by atoms with E-state index < -0.39 is 66.6 Å². The first kappa shape index (κ1) is 22.7. The Balaban J connectivity index is 1.85. The van der Waals surface area contributed by atoms with Gasteiger partial charge < -0.3 is 4.57 Å². The normalized spacial score (nSPS) is 19.6. The summed E-state index contributed by atoms with van der Waals surface area (Å²) in [6.07, 6.45) is -8.80. The number of hydrogen-bond acceptors (Lipinski definition) is 4. The number of aromatic nitrogens is 2. The standard InChI is InChI=1S/C15H9Cl2F6N3O3S/c16-8-2-1-6(14(18,19)20)3-10(8)30(28,29)25-13(27)11-12(17)26(5-24-11)9-4-7(9)15(21,22)23/h1-3,5,7,9H,4H2,(H,25,27). The molecule has 164 valence electrons. The number of amides is 1. The van der Waals surface area contributed by atoms with E-state index in [0.29, 0.717) is 12.1 Å². The minimum Gasteiger partial charge on any atom is -0.317 e. The molecule has 1 fully saturated rings. The molecule has 1 N–H and O–H groups in total. The van der Waals surface area contributed by atoms with E-state index in [2.05, 4.69) is 4.98 Å². The molecule has 0 radical (unpaired) electrons. The van der Waals surface area contributed by atoms with Crippen LogP contribution in [0, 0.1) is 5.92 Å². The Kier molecular flexibility index (Phi) is 5.53. The molecule has 2 unspecified atom stereocenters. The molecule has 1 amide bonds. The zero-order valence-corrected chi connectivity index (χ0v) is 16.6. The second-order valence-corrected chi connectivity index (χ2v) is 8.74. The summed E-state index contributed by atoms with van der Waals surface area (Å²) in [5, 5.41) is -1.14. The molecule has 2 atom stereocenters. The first-order chi connectivity index (χ1) is 13.6. The van der Waals surface area contributed by atoms with Gasteiger partial charge in [0, 0.05) is 6.04 Å². The number of carbonyl (C=O) groups excluding carboxylic acids is 1. The number of benzene rings is 1. The van der Waals surface area contributed by atoms with Crippen molar-refractivity contribution in [3.8, 4) is 0 Å². The average Bonchev–Trinajstić information content (AvgIpc) is 3.30. The molecule has 1 aliphatic carbocycles. The molecule has 1 aromatic heterocycles. The second-order valence-electron chi connectivity index (χ2n) is 6.32. The molecular weight excluding hydrogens is 487 g/mol. The first-order valence-electron chi connectivity index (χ1n) is 7.86. The Morgan fingerprint density at radius 2 is 1.80 bits per heavy atom. The van der Waals surface area contributed by atoms with Crippen molar-refractivity contribution in [3.63, 3.8) is 0 Å². The van der Waals surface area contributed by atoms with Gasteiger partial charge in [-0.25, -0.2) is 18.1 Å². The van der Waals surface area contributed by atoms with Gasteiger partial charge in [-0.05, 0) is 24.6 Å². The third-order valence-electron chi connectivity index (χ3n) is 4.26. The minimum absolute atomic E-state index is 0.232. The number of sulfonamides is 1. The van der Waals surface area contributed by atoms with Gasteiger partial charge >= 0.3 is 12.4 Å². The van der Waals surface area contributed by atoms with Crippen LogP contribution in [0.4, 0.5) is 26.3 Å². The van der Waals surface area contributed by atoms with Crippen LogP contribution >= 0.6 is 23.2 Å². The van der Waals surface area contributed by atoms with E-state index in [1.165, 1.54) is 4.72 Å². The molecule has 0 saturated heterocycles. The van der Waals surface area contributed by atoms with Crippen molar-refractivity contribution in [3.05, 3.63) is 46.0 Å². The molecule has 30 heavy (non-hydrogen) atoms. The lowest BCUT2D eigenvalue weighted by molar-refractivity contribution is -0.150. The lowest BCUT2D eigenvalue weighted by atomic mass is 10.2. The number of halogens is 8. The summed E-state index contributed by atoms with van der Waals surface area (Å²) in [5.41, 5.74) is -2.04. The molecule has 1 aromatic carbocycles. The van der Waals surface area contributed by atoms with Crippen LogP contribution in [0.3, 0.4) is 0 Å². The predicted octanol–water partition coefficient (Wildman–Crippen LogP) is 4.45. The van der Waals surface area contributed by atoms with Crippen molar-refractivity contribution < 1.29 is 39.6 Å². The van der Waals surface area contributed by atoms with Gasteiger partial charge in [0.2, 0.25) is 0 Å². The minimum atomic E-state index is -4.89. The summed E-state index contributed by atoms with van der Waals surface area (Å²) >= 11 is 11.5. The van der Waals surface area contributed by atoms with E-state index >= 15 is 0 Å². The molecule has 0 aliphatic heterocycles. The Labute approximate surface area is 174 Å². The summed E-state index contributed by atoms with van der Waals surface area (Å²) in [6, 6.07) is 0.376. The van der Waals surface area contributed by atoms with Gasteiger partial charge in [-0.3, -0.25) is 4.79 Å². The van der Waals surface area contributed by atoms with E-state index in [4.69, 9.17) is 23.2 Å². The summed E-state index contributed by atoms with van der Waals surface area (Å²) < 4.78 is 104. The number of imidazole rings is 1. The Morgan fingerprint density at radius 3 is 2.33 bits per heavy atom. The van der Waals surface area contributed by atoms with E-state index in [-0.39, 0.29) is 12.5 Å². The summed E-state index contributed by atoms with van der Waals surface area (Å²) in [5.74, 6) is -3.14. The van der Waals surface area contributed by atoms with Crippen LogP contribution in [-0.2, 0) is 16.2 Å². The van der Waals surface area contributed by atoms with E-state index in [1.54, 1.807) is 0 Å². The number of nitrogens with one attached hydrogen (secondary N) is 1. The highest BCUT2D eigenvalue weighted by atomic mass is 35.5. The Bertz CT molecular complexity index is 1110. The predicted molar refractivity (Wildman–Crippen MR) is 91.5 cm³/mol. The van der Waals surface area contributed by atoms with E-state index in [0.717, 1.165) is 10.9 Å². The van der Waals surface area contributed by atoms with Gasteiger partial charge in [0.05, 0.1) is 22.8 Å². The molecule has 1 heterocycles. The van der Waals surface area contributed by atoms with Crippen LogP contribution in [0.1, 0.15) is 28.5 Å². The molecule has 0 bridgehead atoms. The van der Waals surface area contributed by atoms with Crippen molar-refractivity contribution in [2.24, 2.45) is 5.92 Å². The number of rotatable bonds is 4. The van der Waals surface area contributed by atoms with Gasteiger partial charge in [0.1, 0.15) is 10.0 Å². The van der Waals surface area contributed by atoms with Crippen molar-refractivity contribution in [2.45, 2.75) is 29.7 Å². The number of carbonyl (C=O) groups is 1. The molecule has 2 aromatic rings. The van der Waals surface area contributed by atoms with E-state index in [9.17, 15) is 39.6 Å². The monoisotopic (exact) mass is 495 g/mol. The zero-order chi connectivity index (χ0) is 22.6. The maximum Gasteiger partial charge on any atom is 0.416 e. The third kappa shape index (κ3) is 4.37. The Morgan fingerprint density at radius 1 is 1.17 bits per heavy atom. The summed E-state index contributed by atoms with van der Waals surface area (Å²) in [4.78, 5) is 14.7. The highest BCUT2D eigenvalue weighted by Crippen LogP contribution is 2.54. The third-order valence-corrected chi connectivity index (χ3v) is 6.44. The molecule has 3 rings (SSSR count). The largest absolute Gasteiger partial charge is 0.416 e. The van der Waals surface area contributed by atoms with Crippen LogP contribution in [0.25, 0.3) is 0 Å². The molecular formula is C15H9Cl2F6N3O3S.